The summed E-state index contributed by atoms with van der Waals surface area (Å²) in [6, 6.07) is 1.71. The summed E-state index contributed by atoms with van der Waals surface area (Å²) in [5.41, 5.74) is 6.98. The number of aryl methyl sites for hydroxylation is 1. The van der Waals surface area contributed by atoms with Crippen LogP contribution in [0.1, 0.15) is 37.2 Å². The molecule has 0 spiro atoms. The minimum Gasteiger partial charge on any atom is -0.466 e. The number of hydrogen-bond donors (Lipinski definition) is 1. The van der Waals surface area contributed by atoms with Gasteiger partial charge in [-0.15, -0.1) is 0 Å². The van der Waals surface area contributed by atoms with E-state index in [2.05, 4.69) is 0 Å². The number of amides is 1. The summed E-state index contributed by atoms with van der Waals surface area (Å²) in [6.07, 6.45) is 3.10. The minimum atomic E-state index is -0.147. The number of nitrogens with zero attached hydrogens (tertiary/aromatic N) is 2. The van der Waals surface area contributed by atoms with Gasteiger partial charge in [0.25, 0.3) is 5.91 Å². The molecular formula is C15H23N3O3. The first-order valence-corrected chi connectivity index (χ1v) is 7.48. The van der Waals surface area contributed by atoms with E-state index in [4.69, 9.17) is 10.5 Å². The predicted molar refractivity (Wildman–Crippen MR) is 79.8 cm³/mol. The normalized spacial score (nSPS) is 16.0. The number of aromatic nitrogens is 1. The van der Waals surface area contributed by atoms with Gasteiger partial charge in [-0.25, -0.2) is 0 Å². The number of anilines is 1. The van der Waals surface area contributed by atoms with Crippen LogP contribution in [0.5, 0.6) is 0 Å². The number of likely N-dealkylation sites (tertiary alicyclic amines) is 1. The second-order valence-electron chi connectivity index (χ2n) is 5.26. The molecule has 116 valence electrons. The lowest BCUT2D eigenvalue weighted by atomic mass is 9.97. The molecule has 1 aliphatic heterocycles. The van der Waals surface area contributed by atoms with E-state index in [0.29, 0.717) is 50.5 Å². The summed E-state index contributed by atoms with van der Waals surface area (Å²) in [5.74, 6) is -0.251. The SMILES string of the molecule is CCOC(=O)C1CCN(C(=O)c2cc(N)cn2CC)CC1. The van der Waals surface area contributed by atoms with Crippen LogP contribution in [0.25, 0.3) is 0 Å². The zero-order valence-corrected chi connectivity index (χ0v) is 12.7. The highest BCUT2D eigenvalue weighted by molar-refractivity contribution is 5.94. The lowest BCUT2D eigenvalue weighted by Crippen LogP contribution is -2.41. The Bertz CT molecular complexity index is 516. The first-order valence-electron chi connectivity index (χ1n) is 7.48. The summed E-state index contributed by atoms with van der Waals surface area (Å²) in [4.78, 5) is 26.0. The molecule has 1 aromatic heterocycles. The van der Waals surface area contributed by atoms with Crippen LogP contribution in [0, 0.1) is 5.92 Å². The second-order valence-corrected chi connectivity index (χ2v) is 5.26. The van der Waals surface area contributed by atoms with Crippen LogP contribution in [0.3, 0.4) is 0 Å². The molecule has 0 aromatic carbocycles. The highest BCUT2D eigenvalue weighted by atomic mass is 16.5. The van der Waals surface area contributed by atoms with Gasteiger partial charge in [0.15, 0.2) is 0 Å². The summed E-state index contributed by atoms with van der Waals surface area (Å²) in [5, 5.41) is 0. The van der Waals surface area contributed by atoms with Gasteiger partial charge in [-0.2, -0.15) is 0 Å². The van der Waals surface area contributed by atoms with Crippen LogP contribution in [0.2, 0.25) is 0 Å². The predicted octanol–water partition coefficient (Wildman–Crippen LogP) is 1.51. The van der Waals surface area contributed by atoms with Crippen molar-refractivity contribution in [1.29, 1.82) is 0 Å². The number of carbonyl (C=O) groups is 2. The molecule has 21 heavy (non-hydrogen) atoms. The summed E-state index contributed by atoms with van der Waals surface area (Å²) >= 11 is 0. The molecule has 0 unspecified atom stereocenters. The molecule has 1 aromatic rings. The largest absolute Gasteiger partial charge is 0.466 e. The lowest BCUT2D eigenvalue weighted by Gasteiger charge is -2.31. The Morgan fingerprint density at radius 3 is 2.57 bits per heavy atom. The fourth-order valence-electron chi connectivity index (χ4n) is 2.71. The van der Waals surface area contributed by atoms with E-state index in [1.807, 2.05) is 11.5 Å². The Morgan fingerprint density at radius 2 is 2.00 bits per heavy atom. The van der Waals surface area contributed by atoms with E-state index in [1.54, 1.807) is 24.1 Å². The molecule has 6 heteroatoms. The number of rotatable bonds is 4. The maximum atomic E-state index is 12.5. The Kier molecular flexibility index (Phi) is 4.88. The summed E-state index contributed by atoms with van der Waals surface area (Å²) in [7, 11) is 0. The molecule has 2 heterocycles. The summed E-state index contributed by atoms with van der Waals surface area (Å²) in [6.45, 7) is 6.05. The molecule has 2 N–H and O–H groups in total. The van der Waals surface area contributed by atoms with Crippen molar-refractivity contribution < 1.29 is 14.3 Å². The van der Waals surface area contributed by atoms with Gasteiger partial charge < -0.3 is 19.9 Å². The molecule has 1 aliphatic rings. The first-order chi connectivity index (χ1) is 10.1. The van der Waals surface area contributed by atoms with E-state index in [1.165, 1.54) is 0 Å². The Hall–Kier alpha value is -1.98. The quantitative estimate of drug-likeness (QED) is 0.854. The third kappa shape index (κ3) is 3.37. The van der Waals surface area contributed by atoms with Crippen molar-refractivity contribution >= 4 is 17.6 Å². The van der Waals surface area contributed by atoms with Gasteiger partial charge in [0.2, 0.25) is 0 Å². The van der Waals surface area contributed by atoms with E-state index in [0.717, 1.165) is 0 Å². The van der Waals surface area contributed by atoms with Gasteiger partial charge in [0.05, 0.1) is 18.2 Å². The first kappa shape index (κ1) is 15.4. The molecule has 1 amide bonds. The molecule has 1 fully saturated rings. The van der Waals surface area contributed by atoms with Crippen molar-refractivity contribution in [2.75, 3.05) is 25.4 Å². The number of hydrogen-bond acceptors (Lipinski definition) is 4. The Labute approximate surface area is 124 Å². The molecule has 0 bridgehead atoms. The number of carbonyl (C=O) groups excluding carboxylic acids is 2. The minimum absolute atomic E-state index is 0.0177. The van der Waals surface area contributed by atoms with Crippen molar-refractivity contribution in [2.45, 2.75) is 33.2 Å². The average Bonchev–Trinajstić information content (AvgIpc) is 2.88. The van der Waals surface area contributed by atoms with Crippen molar-refractivity contribution in [3.63, 3.8) is 0 Å². The number of nitrogens with two attached hydrogens (primary N) is 1. The third-order valence-corrected chi connectivity index (χ3v) is 3.88. The molecule has 2 rings (SSSR count). The van der Waals surface area contributed by atoms with Crippen molar-refractivity contribution in [3.8, 4) is 0 Å². The van der Waals surface area contributed by atoms with Crippen LogP contribution >= 0.6 is 0 Å². The topological polar surface area (TPSA) is 77.6 Å². The van der Waals surface area contributed by atoms with Crippen molar-refractivity contribution in [2.24, 2.45) is 5.92 Å². The Balaban J connectivity index is 1.98. The van der Waals surface area contributed by atoms with Crippen LogP contribution in [0.15, 0.2) is 12.3 Å². The zero-order chi connectivity index (χ0) is 15.4. The van der Waals surface area contributed by atoms with Crippen molar-refractivity contribution in [1.82, 2.24) is 9.47 Å². The Morgan fingerprint density at radius 1 is 1.33 bits per heavy atom. The van der Waals surface area contributed by atoms with Crippen LogP contribution in [-0.4, -0.2) is 41.0 Å². The van der Waals surface area contributed by atoms with Crippen molar-refractivity contribution in [3.05, 3.63) is 18.0 Å². The maximum Gasteiger partial charge on any atom is 0.309 e. The lowest BCUT2D eigenvalue weighted by molar-refractivity contribution is -0.149. The summed E-state index contributed by atoms with van der Waals surface area (Å²) < 4.78 is 6.89. The third-order valence-electron chi connectivity index (χ3n) is 3.88. The molecule has 1 saturated heterocycles. The number of esters is 1. The second kappa shape index (κ2) is 6.65. The van der Waals surface area contributed by atoms with E-state index < -0.39 is 0 Å². The number of piperidine rings is 1. The number of nitrogen functional groups attached to an aromatic ring is 1. The van der Waals surface area contributed by atoms with Gasteiger partial charge in [0.1, 0.15) is 5.69 Å². The fourth-order valence-corrected chi connectivity index (χ4v) is 2.71. The van der Waals surface area contributed by atoms with E-state index >= 15 is 0 Å². The monoisotopic (exact) mass is 293 g/mol. The van der Waals surface area contributed by atoms with Crippen LogP contribution in [0.4, 0.5) is 5.69 Å². The van der Waals surface area contributed by atoms with E-state index in [-0.39, 0.29) is 17.8 Å². The molecule has 0 aliphatic carbocycles. The smallest absolute Gasteiger partial charge is 0.309 e. The number of ether oxygens (including phenoxy) is 1. The highest BCUT2D eigenvalue weighted by Crippen LogP contribution is 2.21. The van der Waals surface area contributed by atoms with Gasteiger partial charge in [-0.1, -0.05) is 0 Å². The van der Waals surface area contributed by atoms with Gasteiger partial charge in [-0.3, -0.25) is 9.59 Å². The zero-order valence-electron chi connectivity index (χ0n) is 12.7. The van der Waals surface area contributed by atoms with Crippen LogP contribution in [-0.2, 0) is 16.1 Å². The van der Waals surface area contributed by atoms with Gasteiger partial charge in [0, 0.05) is 25.8 Å². The highest BCUT2D eigenvalue weighted by Gasteiger charge is 2.29. The van der Waals surface area contributed by atoms with Gasteiger partial charge >= 0.3 is 5.97 Å². The van der Waals surface area contributed by atoms with E-state index in [9.17, 15) is 9.59 Å². The molecular weight excluding hydrogens is 270 g/mol. The van der Waals surface area contributed by atoms with Gasteiger partial charge in [-0.05, 0) is 32.8 Å². The standard InChI is InChI=1S/C15H23N3O3/c1-3-17-10-12(16)9-13(17)14(19)18-7-5-11(6-8-18)15(20)21-4-2/h9-11H,3-8,16H2,1-2H3. The average molecular weight is 293 g/mol. The molecule has 0 atom stereocenters. The molecule has 0 radical (unpaired) electrons. The fraction of sp³-hybridized carbons (Fsp3) is 0.600. The maximum absolute atomic E-state index is 12.5. The van der Waals surface area contributed by atoms with Crippen LogP contribution < -0.4 is 5.73 Å². The molecule has 6 nitrogen and oxygen atoms in total. The molecule has 0 saturated carbocycles.